The van der Waals surface area contributed by atoms with E-state index in [9.17, 15) is 14.9 Å². The Hall–Kier alpha value is -3.55. The van der Waals surface area contributed by atoms with Crippen LogP contribution in [0.3, 0.4) is 0 Å². The molecule has 1 aliphatic rings. The molecule has 0 unspecified atom stereocenters. The molecule has 3 aromatic rings. The molecule has 8 heteroatoms. The number of benzene rings is 2. The molecule has 1 amide bonds. The average molecular weight is 419 g/mol. The topological polar surface area (TPSA) is 92.5 Å². The van der Waals surface area contributed by atoms with Crippen molar-refractivity contribution < 1.29 is 9.72 Å². The van der Waals surface area contributed by atoms with Gasteiger partial charge in [-0.3, -0.25) is 14.9 Å². The van der Waals surface area contributed by atoms with Gasteiger partial charge in [0.25, 0.3) is 5.69 Å². The number of aryl methyl sites for hydroxylation is 1. The molecule has 8 nitrogen and oxygen atoms in total. The highest BCUT2D eigenvalue weighted by Gasteiger charge is 2.30. The number of fused-ring (bicyclic) bond motifs is 1. The molecule has 0 radical (unpaired) electrons. The summed E-state index contributed by atoms with van der Waals surface area (Å²) in [4.78, 5) is 36.8. The van der Waals surface area contributed by atoms with Gasteiger partial charge in [-0.1, -0.05) is 30.3 Å². The van der Waals surface area contributed by atoms with E-state index in [1.165, 1.54) is 6.07 Å². The van der Waals surface area contributed by atoms with Crippen molar-refractivity contribution in [2.24, 2.45) is 5.92 Å². The van der Waals surface area contributed by atoms with Crippen LogP contribution in [0.25, 0.3) is 10.9 Å². The largest absolute Gasteiger partial charge is 0.366 e. The lowest BCUT2D eigenvalue weighted by molar-refractivity contribution is -0.384. The molecule has 1 fully saturated rings. The number of nitro benzene ring substituents is 1. The second-order valence-corrected chi connectivity index (χ2v) is 7.94. The van der Waals surface area contributed by atoms with Crippen LogP contribution in [0.15, 0.2) is 48.5 Å². The summed E-state index contributed by atoms with van der Waals surface area (Å²) in [5.41, 5.74) is 2.50. The van der Waals surface area contributed by atoms with Crippen molar-refractivity contribution in [3.63, 3.8) is 0 Å². The Morgan fingerprint density at radius 2 is 1.81 bits per heavy atom. The van der Waals surface area contributed by atoms with Gasteiger partial charge in [0.15, 0.2) is 0 Å². The summed E-state index contributed by atoms with van der Waals surface area (Å²) in [6.45, 7) is 3.53. The number of rotatable bonds is 5. The third kappa shape index (κ3) is 4.33. The van der Waals surface area contributed by atoms with E-state index >= 15 is 0 Å². The Bertz CT molecular complexity index is 1130. The van der Waals surface area contributed by atoms with E-state index in [4.69, 9.17) is 0 Å². The van der Waals surface area contributed by atoms with Crippen molar-refractivity contribution in [3.05, 3.63) is 70.2 Å². The van der Waals surface area contributed by atoms with Gasteiger partial charge in [-0.15, -0.1) is 0 Å². The highest BCUT2D eigenvalue weighted by Crippen LogP contribution is 2.31. The summed E-state index contributed by atoms with van der Waals surface area (Å²) in [6.07, 6.45) is 1.32. The Balaban J connectivity index is 1.40. The lowest BCUT2D eigenvalue weighted by Crippen LogP contribution is -2.41. The first kappa shape index (κ1) is 20.7. The fraction of sp³-hybridized carbons (Fsp3) is 0.348. The number of carbonyl (C=O) groups excluding carboxylic acids is 1. The van der Waals surface area contributed by atoms with Crippen molar-refractivity contribution in [2.45, 2.75) is 26.3 Å². The van der Waals surface area contributed by atoms with Crippen LogP contribution in [-0.4, -0.2) is 45.8 Å². The molecule has 2 aromatic carbocycles. The predicted molar refractivity (Wildman–Crippen MR) is 119 cm³/mol. The van der Waals surface area contributed by atoms with Crippen molar-refractivity contribution in [2.75, 3.05) is 25.0 Å². The molecule has 1 aliphatic heterocycles. The minimum atomic E-state index is -0.355. The summed E-state index contributed by atoms with van der Waals surface area (Å²) < 4.78 is 0. The molecular weight excluding hydrogens is 394 g/mol. The smallest absolute Gasteiger partial charge is 0.292 e. The highest BCUT2D eigenvalue weighted by molar-refractivity contribution is 5.81. The molecule has 0 aliphatic carbocycles. The van der Waals surface area contributed by atoms with Gasteiger partial charge in [-0.05, 0) is 31.9 Å². The Kier molecular flexibility index (Phi) is 5.79. The first-order valence-electron chi connectivity index (χ1n) is 10.4. The number of aromatic nitrogens is 2. The van der Waals surface area contributed by atoms with Crippen molar-refractivity contribution in [1.29, 1.82) is 0 Å². The van der Waals surface area contributed by atoms with Gasteiger partial charge in [0.2, 0.25) is 5.91 Å². The normalized spacial score (nSPS) is 14.6. The zero-order valence-corrected chi connectivity index (χ0v) is 17.7. The second-order valence-electron chi connectivity index (χ2n) is 7.94. The van der Waals surface area contributed by atoms with Gasteiger partial charge in [-0.2, -0.15) is 0 Å². The maximum Gasteiger partial charge on any atom is 0.292 e. The minimum Gasteiger partial charge on any atom is -0.366 e. The molecule has 0 atom stereocenters. The van der Waals surface area contributed by atoms with Gasteiger partial charge in [-0.25, -0.2) is 9.97 Å². The number of nitro groups is 1. The maximum absolute atomic E-state index is 13.0. The Morgan fingerprint density at radius 1 is 1.13 bits per heavy atom. The molecule has 31 heavy (non-hydrogen) atoms. The van der Waals surface area contributed by atoms with Crippen molar-refractivity contribution >= 4 is 28.2 Å². The SMILES string of the molecule is Cc1nc(CN(C)C(=O)C2CCN(c3ccccc3[N+](=O)[O-])CC2)nc2ccccc12. The minimum absolute atomic E-state index is 0.0663. The number of carbonyl (C=O) groups is 1. The van der Waals surface area contributed by atoms with Crippen LogP contribution >= 0.6 is 0 Å². The van der Waals surface area contributed by atoms with Crippen LogP contribution in [-0.2, 0) is 11.3 Å². The quantitative estimate of drug-likeness (QED) is 0.462. The standard InChI is InChI=1S/C23H25N5O3/c1-16-18-7-3-4-8-19(18)25-22(24-16)15-26(2)23(29)17-11-13-27(14-12-17)20-9-5-6-10-21(20)28(30)31/h3-10,17H,11-15H2,1-2H3. The number of nitrogens with zero attached hydrogens (tertiary/aromatic N) is 5. The zero-order chi connectivity index (χ0) is 22.0. The number of anilines is 1. The summed E-state index contributed by atoms with van der Waals surface area (Å²) >= 11 is 0. The van der Waals surface area contributed by atoms with Crippen LogP contribution in [0.4, 0.5) is 11.4 Å². The van der Waals surface area contributed by atoms with E-state index in [-0.39, 0.29) is 22.4 Å². The van der Waals surface area contributed by atoms with E-state index < -0.39 is 0 Å². The summed E-state index contributed by atoms with van der Waals surface area (Å²) in [5.74, 6) is 0.589. The van der Waals surface area contributed by atoms with E-state index in [2.05, 4.69) is 9.97 Å². The third-order valence-electron chi connectivity index (χ3n) is 5.86. The van der Waals surface area contributed by atoms with Crippen LogP contribution < -0.4 is 4.90 Å². The van der Waals surface area contributed by atoms with Gasteiger partial charge in [0.05, 0.1) is 17.0 Å². The van der Waals surface area contributed by atoms with E-state index in [0.717, 1.165) is 16.6 Å². The van der Waals surface area contributed by atoms with Crippen molar-refractivity contribution in [3.8, 4) is 0 Å². The van der Waals surface area contributed by atoms with Gasteiger partial charge in [0, 0.05) is 43.2 Å². The first-order valence-corrected chi connectivity index (χ1v) is 10.4. The Labute approximate surface area is 180 Å². The fourth-order valence-corrected chi connectivity index (χ4v) is 4.22. The number of amides is 1. The second kappa shape index (κ2) is 8.67. The maximum atomic E-state index is 13.0. The van der Waals surface area contributed by atoms with Crippen LogP contribution in [0, 0.1) is 23.0 Å². The summed E-state index contributed by atoms with van der Waals surface area (Å²) in [6, 6.07) is 14.6. The van der Waals surface area contributed by atoms with Crippen LogP contribution in [0.1, 0.15) is 24.4 Å². The molecular formula is C23H25N5O3. The van der Waals surface area contributed by atoms with Gasteiger partial charge >= 0.3 is 0 Å². The van der Waals surface area contributed by atoms with Gasteiger partial charge in [0.1, 0.15) is 11.5 Å². The monoisotopic (exact) mass is 419 g/mol. The van der Waals surface area contributed by atoms with Crippen molar-refractivity contribution in [1.82, 2.24) is 14.9 Å². The molecule has 1 aromatic heterocycles. The molecule has 2 heterocycles. The Morgan fingerprint density at radius 3 is 2.55 bits per heavy atom. The average Bonchev–Trinajstić information content (AvgIpc) is 2.78. The van der Waals surface area contributed by atoms with Gasteiger partial charge < -0.3 is 9.80 Å². The molecule has 4 rings (SSSR count). The van der Waals surface area contributed by atoms with E-state index in [1.807, 2.05) is 36.1 Å². The molecule has 0 saturated carbocycles. The van der Waals surface area contributed by atoms with E-state index in [0.29, 0.717) is 44.0 Å². The number of para-hydroxylation sites is 3. The molecule has 0 spiro atoms. The lowest BCUT2D eigenvalue weighted by Gasteiger charge is -2.34. The fourth-order valence-electron chi connectivity index (χ4n) is 4.22. The molecule has 1 saturated heterocycles. The first-order chi connectivity index (χ1) is 14.9. The summed E-state index contributed by atoms with van der Waals surface area (Å²) in [5, 5.41) is 12.3. The van der Waals surface area contributed by atoms with Crippen LogP contribution in [0.5, 0.6) is 0 Å². The molecule has 160 valence electrons. The highest BCUT2D eigenvalue weighted by atomic mass is 16.6. The third-order valence-corrected chi connectivity index (χ3v) is 5.86. The number of hydrogen-bond acceptors (Lipinski definition) is 6. The van der Waals surface area contributed by atoms with E-state index in [1.54, 1.807) is 30.1 Å². The zero-order valence-electron chi connectivity index (χ0n) is 17.7. The predicted octanol–water partition coefficient (Wildman–Crippen LogP) is 3.72. The number of piperidine rings is 1. The lowest BCUT2D eigenvalue weighted by atomic mass is 9.95. The molecule has 0 N–H and O–H groups in total. The van der Waals surface area contributed by atoms with Crippen LogP contribution in [0.2, 0.25) is 0 Å². The summed E-state index contributed by atoms with van der Waals surface area (Å²) in [7, 11) is 1.78. The molecule has 0 bridgehead atoms. The number of hydrogen-bond donors (Lipinski definition) is 0.